The Bertz CT molecular complexity index is 787. The van der Waals surface area contributed by atoms with E-state index >= 15 is 0 Å². The van der Waals surface area contributed by atoms with E-state index in [9.17, 15) is 0 Å². The smallest absolute Gasteiger partial charge is 0.227 e. The number of ether oxygens (including phenoxy) is 1. The van der Waals surface area contributed by atoms with Crippen LogP contribution in [-0.2, 0) is 0 Å². The number of hydrogen-bond donors (Lipinski definition) is 0. The fourth-order valence-electron chi connectivity index (χ4n) is 2.01. The summed E-state index contributed by atoms with van der Waals surface area (Å²) in [6.07, 6.45) is 1.76. The molecule has 0 aliphatic carbocycles. The molecule has 4 heteroatoms. The number of fused-ring (bicyclic) bond motifs is 1. The second-order valence-electron chi connectivity index (χ2n) is 4.46. The zero-order valence-corrected chi connectivity index (χ0v) is 13.9. The molecule has 0 atom stereocenters. The zero-order chi connectivity index (χ0) is 14.1. The SMILES string of the molecule is Cc1ccc(Br)cc1Oc1nccc2c(Br)cccc12. The van der Waals surface area contributed by atoms with Crippen LogP contribution >= 0.6 is 31.9 Å². The van der Waals surface area contributed by atoms with Crippen molar-refractivity contribution in [3.63, 3.8) is 0 Å². The van der Waals surface area contributed by atoms with Gasteiger partial charge in [0.25, 0.3) is 0 Å². The molecule has 3 rings (SSSR count). The summed E-state index contributed by atoms with van der Waals surface area (Å²) in [5.41, 5.74) is 1.07. The Morgan fingerprint density at radius 3 is 2.70 bits per heavy atom. The van der Waals surface area contributed by atoms with Crippen molar-refractivity contribution in [3.05, 3.63) is 63.2 Å². The first-order chi connectivity index (χ1) is 9.65. The summed E-state index contributed by atoms with van der Waals surface area (Å²) in [4.78, 5) is 4.36. The van der Waals surface area contributed by atoms with Gasteiger partial charge in [0.05, 0.1) is 0 Å². The fourth-order valence-corrected chi connectivity index (χ4v) is 2.85. The number of pyridine rings is 1. The van der Waals surface area contributed by atoms with Crippen molar-refractivity contribution in [2.75, 3.05) is 0 Å². The van der Waals surface area contributed by atoms with Crippen LogP contribution in [0.15, 0.2) is 57.6 Å². The number of halogens is 2. The summed E-state index contributed by atoms with van der Waals surface area (Å²) in [7, 11) is 0. The molecule has 0 aliphatic heterocycles. The molecule has 0 amide bonds. The largest absolute Gasteiger partial charge is 0.438 e. The van der Waals surface area contributed by atoms with Crippen molar-refractivity contribution in [2.24, 2.45) is 0 Å². The number of benzene rings is 2. The fraction of sp³-hybridized carbons (Fsp3) is 0.0625. The monoisotopic (exact) mass is 391 g/mol. The maximum Gasteiger partial charge on any atom is 0.227 e. The van der Waals surface area contributed by atoms with E-state index in [1.807, 2.05) is 49.4 Å². The lowest BCUT2D eigenvalue weighted by Crippen LogP contribution is -1.91. The van der Waals surface area contributed by atoms with Crippen LogP contribution in [0, 0.1) is 6.92 Å². The summed E-state index contributed by atoms with van der Waals surface area (Å²) < 4.78 is 8.02. The van der Waals surface area contributed by atoms with Crippen molar-refractivity contribution in [2.45, 2.75) is 6.92 Å². The van der Waals surface area contributed by atoms with E-state index in [4.69, 9.17) is 4.74 Å². The van der Waals surface area contributed by atoms with Crippen molar-refractivity contribution >= 4 is 42.6 Å². The summed E-state index contributed by atoms with van der Waals surface area (Å²) in [6, 6.07) is 13.9. The van der Waals surface area contributed by atoms with Gasteiger partial charge in [-0.2, -0.15) is 0 Å². The highest BCUT2D eigenvalue weighted by molar-refractivity contribution is 9.11. The van der Waals surface area contributed by atoms with Crippen LogP contribution in [0.2, 0.25) is 0 Å². The lowest BCUT2D eigenvalue weighted by atomic mass is 10.2. The van der Waals surface area contributed by atoms with Gasteiger partial charge in [-0.1, -0.05) is 44.0 Å². The number of aryl methyl sites for hydroxylation is 1. The van der Waals surface area contributed by atoms with Gasteiger partial charge in [-0.05, 0) is 42.8 Å². The maximum absolute atomic E-state index is 6.00. The lowest BCUT2D eigenvalue weighted by Gasteiger charge is -2.11. The maximum atomic E-state index is 6.00. The van der Waals surface area contributed by atoms with Crippen molar-refractivity contribution in [3.8, 4) is 11.6 Å². The molecule has 1 heterocycles. The molecular formula is C16H11Br2NO. The Morgan fingerprint density at radius 1 is 1.00 bits per heavy atom. The molecule has 0 saturated carbocycles. The summed E-state index contributed by atoms with van der Waals surface area (Å²) in [6.45, 7) is 2.02. The Morgan fingerprint density at radius 2 is 1.85 bits per heavy atom. The van der Waals surface area contributed by atoms with Crippen LogP contribution in [-0.4, -0.2) is 4.98 Å². The van der Waals surface area contributed by atoms with Crippen LogP contribution in [0.4, 0.5) is 0 Å². The molecule has 3 aromatic rings. The normalized spacial score (nSPS) is 10.8. The highest BCUT2D eigenvalue weighted by Gasteiger charge is 2.08. The predicted octanol–water partition coefficient (Wildman–Crippen LogP) is 5.86. The quantitative estimate of drug-likeness (QED) is 0.544. The Labute approximate surface area is 134 Å². The highest BCUT2D eigenvalue weighted by Crippen LogP contribution is 2.33. The topological polar surface area (TPSA) is 22.1 Å². The molecule has 0 bridgehead atoms. The molecule has 0 N–H and O–H groups in total. The number of rotatable bonds is 2. The van der Waals surface area contributed by atoms with Gasteiger partial charge in [-0.15, -0.1) is 0 Å². The molecule has 1 aromatic heterocycles. The summed E-state index contributed by atoms with van der Waals surface area (Å²) in [5, 5.41) is 2.08. The summed E-state index contributed by atoms with van der Waals surface area (Å²) >= 11 is 7.01. The molecule has 100 valence electrons. The predicted molar refractivity (Wildman–Crippen MR) is 88.4 cm³/mol. The van der Waals surface area contributed by atoms with Gasteiger partial charge in [0.2, 0.25) is 5.88 Å². The first-order valence-corrected chi connectivity index (χ1v) is 7.71. The molecule has 0 spiro atoms. The van der Waals surface area contributed by atoms with Crippen LogP contribution < -0.4 is 4.74 Å². The van der Waals surface area contributed by atoms with Gasteiger partial charge in [0, 0.05) is 25.9 Å². The van der Waals surface area contributed by atoms with Crippen LogP contribution in [0.1, 0.15) is 5.56 Å². The van der Waals surface area contributed by atoms with E-state index in [-0.39, 0.29) is 0 Å². The number of aromatic nitrogens is 1. The average Bonchev–Trinajstić information content (AvgIpc) is 2.44. The van der Waals surface area contributed by atoms with Crippen molar-refractivity contribution < 1.29 is 4.74 Å². The minimum atomic E-state index is 0.616. The first-order valence-electron chi connectivity index (χ1n) is 6.12. The van der Waals surface area contributed by atoms with Gasteiger partial charge in [-0.25, -0.2) is 4.98 Å². The number of hydrogen-bond acceptors (Lipinski definition) is 2. The Balaban J connectivity index is 2.11. The van der Waals surface area contributed by atoms with Crippen LogP contribution in [0.25, 0.3) is 10.8 Å². The Hall–Kier alpha value is -1.39. The molecule has 0 unspecified atom stereocenters. The van der Waals surface area contributed by atoms with E-state index < -0.39 is 0 Å². The summed E-state index contributed by atoms with van der Waals surface area (Å²) in [5.74, 6) is 1.42. The van der Waals surface area contributed by atoms with Crippen LogP contribution in [0.3, 0.4) is 0 Å². The van der Waals surface area contributed by atoms with Gasteiger partial charge in [0.15, 0.2) is 0 Å². The van der Waals surface area contributed by atoms with E-state index in [0.29, 0.717) is 5.88 Å². The Kier molecular flexibility index (Phi) is 3.76. The molecule has 0 saturated heterocycles. The van der Waals surface area contributed by atoms with Crippen molar-refractivity contribution in [1.82, 2.24) is 4.98 Å². The minimum absolute atomic E-state index is 0.616. The average molecular weight is 393 g/mol. The molecule has 0 fully saturated rings. The third-order valence-electron chi connectivity index (χ3n) is 3.07. The van der Waals surface area contributed by atoms with Crippen molar-refractivity contribution in [1.29, 1.82) is 0 Å². The van der Waals surface area contributed by atoms with Crippen LogP contribution in [0.5, 0.6) is 11.6 Å². The molecule has 0 radical (unpaired) electrons. The molecule has 2 aromatic carbocycles. The van der Waals surface area contributed by atoms with Gasteiger partial charge < -0.3 is 4.74 Å². The molecular weight excluding hydrogens is 382 g/mol. The standard InChI is InChI=1S/C16H11Br2NO/c1-10-5-6-11(17)9-15(10)20-16-13-3-2-4-14(18)12(13)7-8-19-16/h2-9H,1H3. The van der Waals surface area contributed by atoms with Gasteiger partial charge in [0.1, 0.15) is 5.75 Å². The third kappa shape index (κ3) is 2.58. The van der Waals surface area contributed by atoms with E-state index in [0.717, 1.165) is 31.0 Å². The number of nitrogens with zero attached hydrogens (tertiary/aromatic N) is 1. The second-order valence-corrected chi connectivity index (χ2v) is 6.23. The second kappa shape index (κ2) is 5.54. The van der Waals surface area contributed by atoms with Gasteiger partial charge >= 0.3 is 0 Å². The molecule has 2 nitrogen and oxygen atoms in total. The highest BCUT2D eigenvalue weighted by atomic mass is 79.9. The van der Waals surface area contributed by atoms with E-state index in [1.54, 1.807) is 6.20 Å². The lowest BCUT2D eigenvalue weighted by molar-refractivity contribution is 0.465. The molecule has 0 aliphatic rings. The van der Waals surface area contributed by atoms with E-state index in [2.05, 4.69) is 36.8 Å². The molecule has 20 heavy (non-hydrogen) atoms. The van der Waals surface area contributed by atoms with Gasteiger partial charge in [-0.3, -0.25) is 0 Å². The first kappa shape index (κ1) is 13.6. The third-order valence-corrected chi connectivity index (χ3v) is 4.26. The van der Waals surface area contributed by atoms with E-state index in [1.165, 1.54) is 0 Å². The minimum Gasteiger partial charge on any atom is -0.438 e. The zero-order valence-electron chi connectivity index (χ0n) is 10.7.